The number of thioether (sulfide) groups is 1. The molecule has 0 aliphatic carbocycles. The number of nitrogens with zero attached hydrogens (tertiary/aromatic N) is 2. The summed E-state index contributed by atoms with van der Waals surface area (Å²) in [4.78, 5) is 29.8. The van der Waals surface area contributed by atoms with Crippen molar-refractivity contribution in [3.05, 3.63) is 58.2 Å². The third kappa shape index (κ3) is 8.79. The predicted molar refractivity (Wildman–Crippen MR) is 144 cm³/mol. The number of thiazole rings is 1. The summed E-state index contributed by atoms with van der Waals surface area (Å²) in [6.07, 6.45) is -1.91. The van der Waals surface area contributed by atoms with Gasteiger partial charge < -0.3 is 24.1 Å². The summed E-state index contributed by atoms with van der Waals surface area (Å²) in [6.45, 7) is 0.807. The zero-order chi connectivity index (χ0) is 28.4. The van der Waals surface area contributed by atoms with Gasteiger partial charge in [-0.05, 0) is 54.6 Å². The number of amides is 2. The number of halogens is 3. The SMILES string of the molecule is COc1ccc(C(=O)/N=c2\scc(-c3ccc(OC(F)(F)F)cc3)n2CCCNC(=O)CCSC)c(OC)c1. The molecule has 2 amide bonds. The summed E-state index contributed by atoms with van der Waals surface area (Å²) in [5, 5.41) is 4.64. The van der Waals surface area contributed by atoms with E-state index in [-0.39, 0.29) is 17.2 Å². The van der Waals surface area contributed by atoms with Crippen molar-refractivity contribution in [3.63, 3.8) is 0 Å². The van der Waals surface area contributed by atoms with Crippen molar-refractivity contribution in [3.8, 4) is 28.5 Å². The molecule has 13 heteroatoms. The lowest BCUT2D eigenvalue weighted by molar-refractivity contribution is -0.274. The van der Waals surface area contributed by atoms with Crippen LogP contribution in [0.15, 0.2) is 52.8 Å². The van der Waals surface area contributed by atoms with E-state index in [1.165, 1.54) is 49.8 Å². The third-order valence-corrected chi connectivity index (χ3v) is 6.91. The maximum Gasteiger partial charge on any atom is 0.573 e. The van der Waals surface area contributed by atoms with Gasteiger partial charge in [0.2, 0.25) is 5.91 Å². The van der Waals surface area contributed by atoms with E-state index in [2.05, 4.69) is 15.0 Å². The number of rotatable bonds is 12. The van der Waals surface area contributed by atoms with Crippen LogP contribution in [-0.4, -0.2) is 55.5 Å². The first-order valence-electron chi connectivity index (χ1n) is 11.8. The number of carbonyl (C=O) groups excluding carboxylic acids is 2. The highest BCUT2D eigenvalue weighted by molar-refractivity contribution is 7.98. The summed E-state index contributed by atoms with van der Waals surface area (Å²) >= 11 is 2.80. The van der Waals surface area contributed by atoms with Gasteiger partial charge in [-0.2, -0.15) is 16.8 Å². The third-order valence-electron chi connectivity index (χ3n) is 5.43. The zero-order valence-corrected chi connectivity index (χ0v) is 23.2. The van der Waals surface area contributed by atoms with Crippen molar-refractivity contribution < 1.29 is 37.0 Å². The van der Waals surface area contributed by atoms with Crippen molar-refractivity contribution in [1.29, 1.82) is 0 Å². The molecule has 0 bridgehead atoms. The van der Waals surface area contributed by atoms with E-state index >= 15 is 0 Å². The first-order valence-corrected chi connectivity index (χ1v) is 14.0. The van der Waals surface area contributed by atoms with Crippen molar-refractivity contribution in [2.24, 2.45) is 4.99 Å². The summed E-state index contributed by atoms with van der Waals surface area (Å²) in [6, 6.07) is 10.2. The fourth-order valence-corrected chi connectivity index (χ4v) is 4.89. The van der Waals surface area contributed by atoms with Gasteiger partial charge in [-0.25, -0.2) is 0 Å². The Morgan fingerprint density at radius 1 is 1.08 bits per heavy atom. The quantitative estimate of drug-likeness (QED) is 0.297. The summed E-state index contributed by atoms with van der Waals surface area (Å²) in [5.74, 6) is 0.632. The van der Waals surface area contributed by atoms with Gasteiger partial charge in [0.1, 0.15) is 17.2 Å². The molecular formula is C26H28F3N3O5S2. The second-order valence-electron chi connectivity index (χ2n) is 8.06. The Kier molecular flexibility index (Phi) is 10.9. The number of hydrogen-bond donors (Lipinski definition) is 1. The average molecular weight is 584 g/mol. The molecule has 0 saturated heterocycles. The number of nitrogens with one attached hydrogen (secondary N) is 1. The van der Waals surface area contributed by atoms with Gasteiger partial charge in [0.05, 0.1) is 25.5 Å². The monoisotopic (exact) mass is 583 g/mol. The minimum absolute atomic E-state index is 0.0492. The molecule has 0 spiro atoms. The summed E-state index contributed by atoms with van der Waals surface area (Å²) < 4.78 is 54.0. The Hall–Kier alpha value is -3.45. The van der Waals surface area contributed by atoms with Crippen LogP contribution in [-0.2, 0) is 11.3 Å². The lowest BCUT2D eigenvalue weighted by Gasteiger charge is -2.12. The maximum atomic E-state index is 13.1. The van der Waals surface area contributed by atoms with E-state index in [1.807, 2.05) is 6.26 Å². The fourth-order valence-electron chi connectivity index (χ4n) is 3.56. The molecule has 39 heavy (non-hydrogen) atoms. The molecule has 0 atom stereocenters. The summed E-state index contributed by atoms with van der Waals surface area (Å²) in [5.41, 5.74) is 1.51. The smallest absolute Gasteiger partial charge is 0.497 e. The van der Waals surface area contributed by atoms with Crippen LogP contribution in [0, 0.1) is 0 Å². The normalized spacial score (nSPS) is 11.8. The molecule has 0 radical (unpaired) electrons. The van der Waals surface area contributed by atoms with Crippen LogP contribution in [0.4, 0.5) is 13.2 Å². The predicted octanol–water partition coefficient (Wildman–Crippen LogP) is 5.13. The molecule has 3 rings (SSSR count). The van der Waals surface area contributed by atoms with Crippen LogP contribution in [0.1, 0.15) is 23.2 Å². The molecule has 1 heterocycles. The molecule has 0 saturated carbocycles. The van der Waals surface area contributed by atoms with Crippen molar-refractivity contribution in [1.82, 2.24) is 9.88 Å². The highest BCUT2D eigenvalue weighted by Gasteiger charge is 2.31. The largest absolute Gasteiger partial charge is 0.573 e. The minimum Gasteiger partial charge on any atom is -0.497 e. The molecular weight excluding hydrogens is 555 g/mol. The lowest BCUT2D eigenvalue weighted by Crippen LogP contribution is -2.27. The van der Waals surface area contributed by atoms with Gasteiger partial charge in [-0.1, -0.05) is 0 Å². The molecule has 1 N–H and O–H groups in total. The molecule has 8 nitrogen and oxygen atoms in total. The number of hydrogen-bond acceptors (Lipinski definition) is 7. The molecule has 0 unspecified atom stereocenters. The van der Waals surface area contributed by atoms with Crippen LogP contribution < -0.4 is 24.3 Å². The lowest BCUT2D eigenvalue weighted by atomic mass is 10.1. The number of benzene rings is 2. The van der Waals surface area contributed by atoms with E-state index < -0.39 is 12.3 Å². The van der Waals surface area contributed by atoms with Gasteiger partial charge >= 0.3 is 6.36 Å². The minimum atomic E-state index is -4.79. The number of alkyl halides is 3. The van der Waals surface area contributed by atoms with Crippen molar-refractivity contribution in [2.45, 2.75) is 25.7 Å². The fraction of sp³-hybridized carbons (Fsp3) is 0.346. The molecule has 0 aliphatic heterocycles. The van der Waals surface area contributed by atoms with E-state index in [1.54, 1.807) is 39.9 Å². The first kappa shape index (κ1) is 30.1. The Labute approximate surface area is 231 Å². The van der Waals surface area contributed by atoms with Crippen LogP contribution in [0.2, 0.25) is 0 Å². The zero-order valence-electron chi connectivity index (χ0n) is 21.5. The highest BCUT2D eigenvalue weighted by Crippen LogP contribution is 2.28. The second kappa shape index (κ2) is 14.1. The maximum absolute atomic E-state index is 13.1. The Bertz CT molecular complexity index is 1340. The van der Waals surface area contributed by atoms with E-state index in [9.17, 15) is 22.8 Å². The van der Waals surface area contributed by atoms with Crippen LogP contribution in [0.25, 0.3) is 11.3 Å². The number of carbonyl (C=O) groups is 2. The molecule has 0 aliphatic rings. The average Bonchev–Trinajstić information content (AvgIpc) is 3.30. The van der Waals surface area contributed by atoms with Gasteiger partial charge in [0, 0.05) is 36.7 Å². The molecule has 1 aromatic heterocycles. The Morgan fingerprint density at radius 3 is 2.44 bits per heavy atom. The molecule has 2 aromatic carbocycles. The Morgan fingerprint density at radius 2 is 1.79 bits per heavy atom. The van der Waals surface area contributed by atoms with E-state index in [0.29, 0.717) is 53.5 Å². The van der Waals surface area contributed by atoms with Crippen molar-refractivity contribution in [2.75, 3.05) is 32.8 Å². The standard InChI is InChI=1S/C26H28F3N3O5S2/c1-35-19-9-10-20(22(15-19)36-2)24(34)31-25-32(13-4-12-30-23(33)11-14-38-3)21(16-39-25)17-5-7-18(8-6-17)37-26(27,28)29/h5-10,15-16H,4,11-14H2,1-3H3,(H,30,33)/b31-25-. The Balaban J connectivity index is 1.91. The molecule has 210 valence electrons. The number of ether oxygens (including phenoxy) is 3. The van der Waals surface area contributed by atoms with Gasteiger partial charge in [0.25, 0.3) is 5.91 Å². The van der Waals surface area contributed by atoms with Gasteiger partial charge in [0.15, 0.2) is 4.80 Å². The van der Waals surface area contributed by atoms with Crippen LogP contribution in [0.5, 0.6) is 17.2 Å². The first-order chi connectivity index (χ1) is 18.6. The highest BCUT2D eigenvalue weighted by atomic mass is 32.2. The number of aromatic nitrogens is 1. The second-order valence-corrected chi connectivity index (χ2v) is 9.88. The van der Waals surface area contributed by atoms with Crippen LogP contribution in [0.3, 0.4) is 0 Å². The number of methoxy groups -OCH3 is 2. The summed E-state index contributed by atoms with van der Waals surface area (Å²) in [7, 11) is 2.94. The van der Waals surface area contributed by atoms with Gasteiger partial charge in [-0.15, -0.1) is 24.5 Å². The van der Waals surface area contributed by atoms with Gasteiger partial charge in [-0.3, -0.25) is 9.59 Å². The van der Waals surface area contributed by atoms with Crippen molar-refractivity contribution >= 4 is 34.9 Å². The molecule has 0 fully saturated rings. The van der Waals surface area contributed by atoms with E-state index in [4.69, 9.17) is 9.47 Å². The van der Waals surface area contributed by atoms with E-state index in [0.717, 1.165) is 5.75 Å². The topological polar surface area (TPSA) is 91.1 Å². The van der Waals surface area contributed by atoms with Crippen LogP contribution >= 0.6 is 23.1 Å². The molecule has 3 aromatic rings.